The Hall–Kier alpha value is -1.95. The normalized spacial score (nSPS) is 21.4. The van der Waals surface area contributed by atoms with Gasteiger partial charge in [0.25, 0.3) is 5.91 Å². The van der Waals surface area contributed by atoms with Gasteiger partial charge in [0, 0.05) is 37.8 Å². The molecule has 0 atom stereocenters. The predicted octanol–water partition coefficient (Wildman–Crippen LogP) is 0.117. The highest BCUT2D eigenvalue weighted by Gasteiger charge is 2.51. The van der Waals surface area contributed by atoms with Crippen LogP contribution in [0, 0.1) is 5.41 Å². The third kappa shape index (κ3) is 1.56. The van der Waals surface area contributed by atoms with Gasteiger partial charge in [-0.05, 0) is 19.2 Å². The maximum absolute atomic E-state index is 12.4. The van der Waals surface area contributed by atoms with Crippen LogP contribution in [-0.2, 0) is 0 Å². The third-order valence-electron chi connectivity index (χ3n) is 4.07. The van der Waals surface area contributed by atoms with E-state index in [9.17, 15) is 4.79 Å². The number of hydrogen-bond donors (Lipinski definition) is 0. The first-order chi connectivity index (χ1) is 9.15. The molecule has 4 rings (SSSR count). The van der Waals surface area contributed by atoms with Crippen molar-refractivity contribution in [1.29, 1.82) is 0 Å². The van der Waals surface area contributed by atoms with Crippen molar-refractivity contribution in [3.63, 3.8) is 0 Å². The highest BCUT2D eigenvalue weighted by molar-refractivity contribution is 5.94. The van der Waals surface area contributed by atoms with E-state index in [-0.39, 0.29) is 5.91 Å². The fourth-order valence-electron chi connectivity index (χ4n) is 3.33. The Morgan fingerprint density at radius 1 is 1.26 bits per heavy atom. The highest BCUT2D eigenvalue weighted by atomic mass is 16.2. The van der Waals surface area contributed by atoms with Crippen LogP contribution in [0.3, 0.4) is 0 Å². The Morgan fingerprint density at radius 2 is 2.05 bits per heavy atom. The third-order valence-corrected chi connectivity index (χ3v) is 4.07. The first kappa shape index (κ1) is 10.9. The molecule has 0 bridgehead atoms. The quantitative estimate of drug-likeness (QED) is 0.728. The van der Waals surface area contributed by atoms with Crippen LogP contribution >= 0.6 is 0 Å². The van der Waals surface area contributed by atoms with Gasteiger partial charge >= 0.3 is 0 Å². The van der Waals surface area contributed by atoms with Gasteiger partial charge in [0.1, 0.15) is 6.33 Å². The van der Waals surface area contributed by atoms with Crippen molar-refractivity contribution < 1.29 is 4.79 Å². The number of carbonyl (C=O) groups excluding carboxylic acids is 1. The fraction of sp³-hybridized carbons (Fsp3) is 0.462. The van der Waals surface area contributed by atoms with Crippen molar-refractivity contribution in [3.05, 3.63) is 30.2 Å². The van der Waals surface area contributed by atoms with Gasteiger partial charge in [0.2, 0.25) is 0 Å². The molecule has 2 aliphatic heterocycles. The molecule has 0 N–H and O–H groups in total. The van der Waals surface area contributed by atoms with Crippen LogP contribution in [0.2, 0.25) is 0 Å². The molecular formula is C13H15N5O. The SMILES string of the molecule is CN1CC2(C1)CN(C(=O)c1ccc3ncnn3c1)C2. The molecule has 19 heavy (non-hydrogen) atoms. The molecule has 1 spiro atoms. The Morgan fingerprint density at radius 3 is 2.79 bits per heavy atom. The summed E-state index contributed by atoms with van der Waals surface area (Å²) < 4.78 is 1.64. The molecule has 2 saturated heterocycles. The number of hydrogen-bond acceptors (Lipinski definition) is 4. The van der Waals surface area contributed by atoms with Crippen molar-refractivity contribution in [1.82, 2.24) is 24.4 Å². The second kappa shape index (κ2) is 3.54. The molecule has 0 aliphatic carbocycles. The maximum Gasteiger partial charge on any atom is 0.255 e. The lowest BCUT2D eigenvalue weighted by atomic mass is 9.73. The second-order valence-electron chi connectivity index (χ2n) is 5.81. The van der Waals surface area contributed by atoms with E-state index in [1.807, 2.05) is 17.0 Å². The van der Waals surface area contributed by atoms with Gasteiger partial charge in [-0.25, -0.2) is 9.50 Å². The summed E-state index contributed by atoms with van der Waals surface area (Å²) in [5.74, 6) is 0.0950. The molecule has 2 aromatic heterocycles. The van der Waals surface area contributed by atoms with Gasteiger partial charge in [-0.3, -0.25) is 4.79 Å². The van der Waals surface area contributed by atoms with E-state index in [0.717, 1.165) is 31.8 Å². The summed E-state index contributed by atoms with van der Waals surface area (Å²) in [5, 5.41) is 4.06. The molecule has 4 heterocycles. The number of carbonyl (C=O) groups is 1. The number of rotatable bonds is 1. The minimum Gasteiger partial charge on any atom is -0.337 e. The lowest BCUT2D eigenvalue weighted by Gasteiger charge is -2.59. The van der Waals surface area contributed by atoms with Crippen LogP contribution in [0.5, 0.6) is 0 Å². The van der Waals surface area contributed by atoms with Crippen LogP contribution in [0.1, 0.15) is 10.4 Å². The number of nitrogens with zero attached hydrogens (tertiary/aromatic N) is 5. The lowest BCUT2D eigenvalue weighted by molar-refractivity contribution is -0.0872. The zero-order valence-corrected chi connectivity index (χ0v) is 10.8. The summed E-state index contributed by atoms with van der Waals surface area (Å²) in [6, 6.07) is 3.65. The number of aromatic nitrogens is 3. The van der Waals surface area contributed by atoms with E-state index in [2.05, 4.69) is 22.0 Å². The average molecular weight is 257 g/mol. The van der Waals surface area contributed by atoms with E-state index in [4.69, 9.17) is 0 Å². The van der Waals surface area contributed by atoms with Crippen LogP contribution in [0.15, 0.2) is 24.7 Å². The van der Waals surface area contributed by atoms with E-state index in [0.29, 0.717) is 11.0 Å². The number of likely N-dealkylation sites (tertiary alicyclic amines) is 2. The van der Waals surface area contributed by atoms with Crippen molar-refractivity contribution in [3.8, 4) is 0 Å². The van der Waals surface area contributed by atoms with Crippen molar-refractivity contribution in [2.75, 3.05) is 33.2 Å². The summed E-state index contributed by atoms with van der Waals surface area (Å²) in [6.45, 7) is 3.98. The van der Waals surface area contributed by atoms with E-state index >= 15 is 0 Å². The average Bonchev–Trinajstić information content (AvgIpc) is 2.78. The molecule has 2 aliphatic rings. The van der Waals surface area contributed by atoms with Gasteiger partial charge < -0.3 is 9.80 Å². The molecule has 0 unspecified atom stereocenters. The molecule has 2 aromatic rings. The highest BCUT2D eigenvalue weighted by Crippen LogP contribution is 2.39. The molecule has 0 radical (unpaired) electrons. The molecule has 1 amide bonds. The molecule has 0 aromatic carbocycles. The van der Waals surface area contributed by atoms with Gasteiger partial charge in [0.15, 0.2) is 5.65 Å². The van der Waals surface area contributed by atoms with Crippen LogP contribution < -0.4 is 0 Å². The predicted molar refractivity (Wildman–Crippen MR) is 68.8 cm³/mol. The standard InChI is InChI=1S/C13H15N5O/c1-16-5-13(6-16)7-17(8-13)12(19)10-2-3-11-14-9-15-18(11)4-10/h2-4,9H,5-8H2,1H3. The van der Waals surface area contributed by atoms with Crippen LogP contribution in [0.25, 0.3) is 5.65 Å². The summed E-state index contributed by atoms with van der Waals surface area (Å²) in [4.78, 5) is 20.6. The van der Waals surface area contributed by atoms with Crippen molar-refractivity contribution >= 4 is 11.6 Å². The van der Waals surface area contributed by atoms with Crippen LogP contribution in [0.4, 0.5) is 0 Å². The summed E-state index contributed by atoms with van der Waals surface area (Å²) in [5.41, 5.74) is 1.82. The molecule has 6 nitrogen and oxygen atoms in total. The Labute approximate surface area is 110 Å². The zero-order chi connectivity index (χ0) is 13.0. The van der Waals surface area contributed by atoms with Gasteiger partial charge in [-0.15, -0.1) is 0 Å². The van der Waals surface area contributed by atoms with E-state index < -0.39 is 0 Å². The topological polar surface area (TPSA) is 53.7 Å². The van der Waals surface area contributed by atoms with Crippen molar-refractivity contribution in [2.45, 2.75) is 0 Å². The van der Waals surface area contributed by atoms with Gasteiger partial charge in [-0.2, -0.15) is 5.10 Å². The van der Waals surface area contributed by atoms with E-state index in [1.54, 1.807) is 10.7 Å². The van der Waals surface area contributed by atoms with Crippen LogP contribution in [-0.4, -0.2) is 63.5 Å². The largest absolute Gasteiger partial charge is 0.337 e. The Kier molecular flexibility index (Phi) is 2.04. The first-order valence-electron chi connectivity index (χ1n) is 6.43. The molecule has 6 heteroatoms. The molecule has 2 fully saturated rings. The fourth-order valence-corrected chi connectivity index (χ4v) is 3.33. The monoisotopic (exact) mass is 257 g/mol. The minimum absolute atomic E-state index is 0.0950. The minimum atomic E-state index is 0.0950. The summed E-state index contributed by atoms with van der Waals surface area (Å²) >= 11 is 0. The summed E-state index contributed by atoms with van der Waals surface area (Å²) in [6.07, 6.45) is 3.25. The van der Waals surface area contributed by atoms with E-state index in [1.165, 1.54) is 6.33 Å². The smallest absolute Gasteiger partial charge is 0.255 e. The molecular weight excluding hydrogens is 242 g/mol. The number of fused-ring (bicyclic) bond motifs is 1. The summed E-state index contributed by atoms with van der Waals surface area (Å²) in [7, 11) is 2.12. The zero-order valence-electron chi connectivity index (χ0n) is 10.8. The van der Waals surface area contributed by atoms with Gasteiger partial charge in [-0.1, -0.05) is 0 Å². The number of amides is 1. The first-order valence-corrected chi connectivity index (χ1v) is 6.43. The maximum atomic E-state index is 12.4. The Bertz CT molecular complexity index is 650. The van der Waals surface area contributed by atoms with Crippen molar-refractivity contribution in [2.24, 2.45) is 5.41 Å². The number of pyridine rings is 1. The lowest BCUT2D eigenvalue weighted by Crippen LogP contribution is -2.72. The molecule has 98 valence electrons. The van der Waals surface area contributed by atoms with Gasteiger partial charge in [0.05, 0.1) is 5.56 Å². The second-order valence-corrected chi connectivity index (χ2v) is 5.81. The Balaban J connectivity index is 1.52. The molecule has 0 saturated carbocycles.